The number of Topliss-reactive ketones (excluding diaryl/α,β-unsaturated/α-hetero) is 1. The van der Waals surface area contributed by atoms with Crippen LogP contribution in [0.2, 0.25) is 0 Å². The molecule has 1 aromatic rings. The van der Waals surface area contributed by atoms with Crippen LogP contribution in [0.25, 0.3) is 0 Å². The zero-order valence-electron chi connectivity index (χ0n) is 14.2. The molecule has 0 unspecified atom stereocenters. The molecule has 0 radical (unpaired) electrons. The highest BCUT2D eigenvalue weighted by Crippen LogP contribution is 2.29. The van der Waals surface area contributed by atoms with Gasteiger partial charge in [0.05, 0.1) is 20.8 Å². The Kier molecular flexibility index (Phi) is 7.70. The first kappa shape index (κ1) is 19.4. The lowest BCUT2D eigenvalue weighted by Crippen LogP contribution is -2.22. The Bertz CT molecular complexity index is 598. The molecule has 0 N–H and O–H groups in total. The average molecular weight is 339 g/mol. The molecule has 0 saturated carbocycles. The van der Waals surface area contributed by atoms with Crippen LogP contribution in [-0.4, -0.2) is 70.7 Å². The van der Waals surface area contributed by atoms with E-state index in [1.54, 1.807) is 25.1 Å². The molecule has 0 fully saturated rings. The lowest BCUT2D eigenvalue weighted by atomic mass is 10.1. The summed E-state index contributed by atoms with van der Waals surface area (Å²) in [5, 5.41) is 0. The molecule has 0 aliphatic rings. The molecule has 8 heteroatoms. The second kappa shape index (κ2) is 9.51. The van der Waals surface area contributed by atoms with E-state index >= 15 is 0 Å². The molecule has 1 rings (SSSR count). The SMILES string of the molecule is COC(=O)COc1ccc(C(=O)CN(C)C)cc1OCC(=O)OC. The van der Waals surface area contributed by atoms with Gasteiger partial charge < -0.3 is 23.8 Å². The van der Waals surface area contributed by atoms with Crippen molar-refractivity contribution in [2.45, 2.75) is 0 Å². The van der Waals surface area contributed by atoms with Gasteiger partial charge in [-0.2, -0.15) is 0 Å². The topological polar surface area (TPSA) is 91.4 Å². The molecular formula is C16H21NO7. The number of carbonyl (C=O) groups excluding carboxylic acids is 3. The fraction of sp³-hybridized carbons (Fsp3) is 0.438. The van der Waals surface area contributed by atoms with E-state index in [1.165, 1.54) is 26.4 Å². The Morgan fingerprint density at radius 2 is 1.46 bits per heavy atom. The maximum absolute atomic E-state index is 12.1. The lowest BCUT2D eigenvalue weighted by Gasteiger charge is -2.14. The van der Waals surface area contributed by atoms with Crippen molar-refractivity contribution in [2.24, 2.45) is 0 Å². The number of hydrogen-bond donors (Lipinski definition) is 0. The van der Waals surface area contributed by atoms with Gasteiger partial charge in [-0.15, -0.1) is 0 Å². The molecular weight excluding hydrogens is 318 g/mol. The summed E-state index contributed by atoms with van der Waals surface area (Å²) in [5.41, 5.74) is 0.397. The molecule has 0 saturated heterocycles. The third kappa shape index (κ3) is 6.25. The summed E-state index contributed by atoms with van der Waals surface area (Å²) in [6.07, 6.45) is 0. The van der Waals surface area contributed by atoms with Crippen molar-refractivity contribution < 1.29 is 33.3 Å². The summed E-state index contributed by atoms with van der Waals surface area (Å²) in [6.45, 7) is -0.453. The van der Waals surface area contributed by atoms with Crippen molar-refractivity contribution >= 4 is 17.7 Å². The van der Waals surface area contributed by atoms with Crippen LogP contribution in [-0.2, 0) is 19.1 Å². The molecule has 0 heterocycles. The summed E-state index contributed by atoms with van der Waals surface area (Å²) in [4.78, 5) is 36.3. The van der Waals surface area contributed by atoms with Gasteiger partial charge >= 0.3 is 11.9 Å². The number of ether oxygens (including phenoxy) is 4. The first-order valence-electron chi connectivity index (χ1n) is 7.08. The molecule has 0 aliphatic heterocycles. The third-order valence-electron chi connectivity index (χ3n) is 2.87. The summed E-state index contributed by atoms with van der Waals surface area (Å²) in [5.74, 6) is -0.900. The maximum Gasteiger partial charge on any atom is 0.343 e. The number of rotatable bonds is 9. The summed E-state index contributed by atoms with van der Waals surface area (Å²) in [7, 11) is 6.03. The minimum absolute atomic E-state index is 0.123. The van der Waals surface area contributed by atoms with Crippen LogP contribution in [0, 0.1) is 0 Å². The number of ketones is 1. The number of methoxy groups -OCH3 is 2. The predicted molar refractivity (Wildman–Crippen MR) is 84.3 cm³/mol. The molecule has 0 aromatic heterocycles. The zero-order chi connectivity index (χ0) is 18.1. The second-order valence-corrected chi connectivity index (χ2v) is 5.05. The highest BCUT2D eigenvalue weighted by Gasteiger charge is 2.15. The van der Waals surface area contributed by atoms with E-state index in [1.807, 2.05) is 0 Å². The van der Waals surface area contributed by atoms with E-state index < -0.39 is 11.9 Å². The van der Waals surface area contributed by atoms with E-state index in [-0.39, 0.29) is 37.0 Å². The largest absolute Gasteiger partial charge is 0.478 e. The van der Waals surface area contributed by atoms with Crippen molar-refractivity contribution in [1.82, 2.24) is 4.90 Å². The molecule has 1 aromatic carbocycles. The number of likely N-dealkylation sites (N-methyl/N-ethyl adjacent to an activating group) is 1. The van der Waals surface area contributed by atoms with Crippen LogP contribution in [0.4, 0.5) is 0 Å². The van der Waals surface area contributed by atoms with Gasteiger partial charge in [-0.05, 0) is 32.3 Å². The summed E-state index contributed by atoms with van der Waals surface area (Å²) < 4.78 is 19.6. The Morgan fingerprint density at radius 1 is 0.917 bits per heavy atom. The molecule has 8 nitrogen and oxygen atoms in total. The van der Waals surface area contributed by atoms with Crippen LogP contribution in [0.15, 0.2) is 18.2 Å². The monoisotopic (exact) mass is 339 g/mol. The van der Waals surface area contributed by atoms with Gasteiger partial charge in [-0.25, -0.2) is 9.59 Å². The van der Waals surface area contributed by atoms with Crippen LogP contribution >= 0.6 is 0 Å². The van der Waals surface area contributed by atoms with E-state index in [0.29, 0.717) is 5.56 Å². The van der Waals surface area contributed by atoms with E-state index in [9.17, 15) is 14.4 Å². The first-order valence-corrected chi connectivity index (χ1v) is 7.08. The number of nitrogens with zero attached hydrogens (tertiary/aromatic N) is 1. The van der Waals surface area contributed by atoms with Gasteiger partial charge in [0.2, 0.25) is 0 Å². The van der Waals surface area contributed by atoms with Crippen LogP contribution in [0.1, 0.15) is 10.4 Å². The molecule has 0 bridgehead atoms. The van der Waals surface area contributed by atoms with Gasteiger partial charge in [-0.3, -0.25) is 4.79 Å². The second-order valence-electron chi connectivity index (χ2n) is 5.05. The molecule has 132 valence electrons. The smallest absolute Gasteiger partial charge is 0.343 e. The Hall–Kier alpha value is -2.61. The fourth-order valence-corrected chi connectivity index (χ4v) is 1.68. The van der Waals surface area contributed by atoms with E-state index in [2.05, 4.69) is 9.47 Å². The van der Waals surface area contributed by atoms with E-state index in [4.69, 9.17) is 9.47 Å². The number of carbonyl (C=O) groups is 3. The van der Waals surface area contributed by atoms with Crippen molar-refractivity contribution in [1.29, 1.82) is 0 Å². The number of esters is 2. The highest BCUT2D eigenvalue weighted by atomic mass is 16.6. The average Bonchev–Trinajstić information content (AvgIpc) is 2.56. The quantitative estimate of drug-likeness (QED) is 0.475. The Morgan fingerprint density at radius 3 is 1.96 bits per heavy atom. The van der Waals surface area contributed by atoms with Gasteiger partial charge in [0.15, 0.2) is 30.5 Å². The first-order chi connectivity index (χ1) is 11.4. The van der Waals surface area contributed by atoms with Gasteiger partial charge in [0, 0.05) is 5.56 Å². The van der Waals surface area contributed by atoms with Gasteiger partial charge in [0.25, 0.3) is 0 Å². The summed E-state index contributed by atoms with van der Waals surface area (Å²) in [6, 6.07) is 4.52. The number of hydrogen-bond acceptors (Lipinski definition) is 8. The van der Waals surface area contributed by atoms with E-state index in [0.717, 1.165) is 0 Å². The molecule has 24 heavy (non-hydrogen) atoms. The van der Waals surface area contributed by atoms with Crippen LogP contribution in [0.5, 0.6) is 11.5 Å². The van der Waals surface area contributed by atoms with Crippen molar-refractivity contribution in [3.05, 3.63) is 23.8 Å². The zero-order valence-corrected chi connectivity index (χ0v) is 14.2. The molecule has 0 amide bonds. The molecule has 0 aliphatic carbocycles. The Balaban J connectivity index is 2.97. The normalized spacial score (nSPS) is 10.2. The van der Waals surface area contributed by atoms with Crippen molar-refractivity contribution in [2.75, 3.05) is 48.1 Å². The van der Waals surface area contributed by atoms with Crippen molar-refractivity contribution in [3.8, 4) is 11.5 Å². The van der Waals surface area contributed by atoms with Gasteiger partial charge in [-0.1, -0.05) is 0 Å². The minimum atomic E-state index is -0.584. The highest BCUT2D eigenvalue weighted by molar-refractivity contribution is 5.98. The van der Waals surface area contributed by atoms with Crippen molar-refractivity contribution in [3.63, 3.8) is 0 Å². The Labute approximate surface area is 140 Å². The predicted octanol–water partition coefficient (Wildman–Crippen LogP) is 0.534. The number of benzene rings is 1. The molecule has 0 spiro atoms. The fourth-order valence-electron chi connectivity index (χ4n) is 1.68. The van der Waals surface area contributed by atoms with Crippen LogP contribution in [0.3, 0.4) is 0 Å². The minimum Gasteiger partial charge on any atom is -0.478 e. The summed E-state index contributed by atoms with van der Waals surface area (Å²) >= 11 is 0. The lowest BCUT2D eigenvalue weighted by molar-refractivity contribution is -0.144. The van der Waals surface area contributed by atoms with Crippen LogP contribution < -0.4 is 9.47 Å². The molecule has 0 atom stereocenters. The van der Waals surface area contributed by atoms with Gasteiger partial charge in [0.1, 0.15) is 0 Å². The third-order valence-corrected chi connectivity index (χ3v) is 2.87. The standard InChI is InChI=1S/C16H21NO7/c1-17(2)8-12(18)11-5-6-13(23-9-15(19)21-3)14(7-11)24-10-16(20)22-4/h5-7H,8-10H2,1-4H3. The maximum atomic E-state index is 12.1.